The first-order valence-electron chi connectivity index (χ1n) is 15.3. The molecule has 1 unspecified atom stereocenters. The molecule has 2 aliphatic carbocycles. The lowest BCUT2D eigenvalue weighted by molar-refractivity contribution is -0.0893. The molecule has 0 saturated carbocycles. The van der Waals surface area contributed by atoms with Crippen LogP contribution >= 0.6 is 0 Å². The summed E-state index contributed by atoms with van der Waals surface area (Å²) < 4.78 is 12.8. The molecule has 0 fully saturated rings. The Balaban J connectivity index is 1.54. The van der Waals surface area contributed by atoms with Gasteiger partial charge in [-0.2, -0.15) is 0 Å². The molecule has 4 aromatic rings. The molecule has 0 bridgehead atoms. The van der Waals surface area contributed by atoms with Gasteiger partial charge in [0, 0.05) is 0 Å². The molecule has 1 spiro atoms. The van der Waals surface area contributed by atoms with E-state index in [-0.39, 0.29) is 0 Å². The Morgan fingerprint density at radius 1 is 0.535 bits per heavy atom. The lowest BCUT2D eigenvalue weighted by Crippen LogP contribution is -2.49. The van der Waals surface area contributed by atoms with Crippen molar-refractivity contribution in [3.63, 3.8) is 0 Å². The second kappa shape index (κ2) is 9.93. The lowest BCUT2D eigenvalue weighted by atomic mass is 9.68. The summed E-state index contributed by atoms with van der Waals surface area (Å²) in [6, 6.07) is 30.8. The van der Waals surface area contributed by atoms with Gasteiger partial charge in [0.25, 0.3) is 0 Å². The van der Waals surface area contributed by atoms with E-state index >= 15 is 0 Å². The van der Waals surface area contributed by atoms with Crippen LogP contribution < -0.4 is 10.9 Å². The van der Waals surface area contributed by atoms with Crippen LogP contribution in [0.5, 0.6) is 0 Å². The fourth-order valence-electron chi connectivity index (χ4n) is 6.40. The smallest absolute Gasteiger partial charge is 0.310 e. The molecule has 0 aromatic heterocycles. The number of hydrogen-bond donors (Lipinski definition) is 2. The number of aliphatic hydroxyl groups is 2. The van der Waals surface area contributed by atoms with E-state index in [0.717, 1.165) is 10.9 Å². The van der Waals surface area contributed by atoms with E-state index in [9.17, 15) is 10.2 Å². The number of fused-ring (bicyclic) bond motifs is 10. The first kappa shape index (κ1) is 29.9. The molecule has 2 aliphatic rings. The SMILES string of the molecule is CC(C)(O)C(C)(C)OBc1ccc2c(c1)C1(c3ccccc3-2)c2ccccc2-c2c(BOC(C)(C)C(C)(C)O)cccc21. The second-order valence-corrected chi connectivity index (χ2v) is 14.3. The van der Waals surface area contributed by atoms with Gasteiger partial charge in [0.05, 0.1) is 27.8 Å². The molecular formula is C37H42B2O4. The van der Waals surface area contributed by atoms with E-state index in [1.165, 1.54) is 44.5 Å². The summed E-state index contributed by atoms with van der Waals surface area (Å²) in [6.45, 7) is 14.9. The van der Waals surface area contributed by atoms with Gasteiger partial charge in [-0.1, -0.05) is 90.4 Å². The fourth-order valence-corrected chi connectivity index (χ4v) is 6.40. The summed E-state index contributed by atoms with van der Waals surface area (Å²) in [7, 11) is 0.782. The Bertz CT molecular complexity index is 1710. The minimum atomic E-state index is -0.994. The summed E-state index contributed by atoms with van der Waals surface area (Å²) in [5.74, 6) is 0. The van der Waals surface area contributed by atoms with Gasteiger partial charge in [-0.15, -0.1) is 0 Å². The molecule has 0 saturated heterocycles. The van der Waals surface area contributed by atoms with Crippen LogP contribution in [0.2, 0.25) is 0 Å². The maximum absolute atomic E-state index is 10.8. The maximum atomic E-state index is 10.8. The van der Waals surface area contributed by atoms with Crippen molar-refractivity contribution in [2.24, 2.45) is 0 Å². The van der Waals surface area contributed by atoms with Gasteiger partial charge in [-0.05, 0) is 105 Å². The highest BCUT2D eigenvalue weighted by atomic mass is 16.5. The average Bonchev–Trinajstić information content (AvgIpc) is 3.41. The first-order valence-corrected chi connectivity index (χ1v) is 15.3. The molecule has 220 valence electrons. The Morgan fingerprint density at radius 3 is 1.67 bits per heavy atom. The Hall–Kier alpha value is -3.15. The van der Waals surface area contributed by atoms with Gasteiger partial charge in [-0.3, -0.25) is 0 Å². The Labute approximate surface area is 257 Å². The van der Waals surface area contributed by atoms with Gasteiger partial charge < -0.3 is 19.5 Å². The third-order valence-corrected chi connectivity index (χ3v) is 10.4. The van der Waals surface area contributed by atoms with Crippen molar-refractivity contribution < 1.29 is 19.5 Å². The van der Waals surface area contributed by atoms with Crippen LogP contribution in [0.4, 0.5) is 0 Å². The zero-order valence-electron chi connectivity index (χ0n) is 26.7. The Morgan fingerprint density at radius 2 is 1.05 bits per heavy atom. The van der Waals surface area contributed by atoms with Crippen LogP contribution in [-0.4, -0.2) is 47.6 Å². The molecule has 4 nitrogen and oxygen atoms in total. The van der Waals surface area contributed by atoms with Crippen molar-refractivity contribution in [2.45, 2.75) is 83.2 Å². The van der Waals surface area contributed by atoms with Gasteiger partial charge in [0.15, 0.2) is 0 Å². The number of rotatable bonds is 8. The van der Waals surface area contributed by atoms with Crippen LogP contribution in [-0.2, 0) is 14.7 Å². The molecule has 4 aromatic carbocycles. The molecule has 6 rings (SSSR count). The Kier molecular flexibility index (Phi) is 6.91. The highest BCUT2D eigenvalue weighted by Gasteiger charge is 2.52. The van der Waals surface area contributed by atoms with Crippen molar-refractivity contribution in [3.8, 4) is 22.3 Å². The van der Waals surface area contributed by atoms with Gasteiger partial charge in [0.2, 0.25) is 0 Å². The van der Waals surface area contributed by atoms with Crippen LogP contribution in [0.25, 0.3) is 22.3 Å². The molecule has 0 radical (unpaired) electrons. The van der Waals surface area contributed by atoms with Crippen molar-refractivity contribution in [2.75, 3.05) is 0 Å². The standard InChI is InChI=1S/C37H42B2O4/c1-33(2,40)35(5,6)42-38-23-20-21-25-24-14-9-11-16-27(24)37(30(25)22-23)28-17-12-10-15-26(28)32-29(37)18-13-19-31(32)39-43-36(7,8)34(3,4)41/h9-22,38-41H,1-8H3. The third-order valence-electron chi connectivity index (χ3n) is 10.4. The van der Waals surface area contributed by atoms with E-state index in [4.69, 9.17) is 9.31 Å². The summed E-state index contributed by atoms with van der Waals surface area (Å²) in [5.41, 5.74) is 8.20. The predicted octanol–water partition coefficient (Wildman–Crippen LogP) is 5.12. The van der Waals surface area contributed by atoms with Gasteiger partial charge in [0.1, 0.15) is 0 Å². The van der Waals surface area contributed by atoms with Crippen LogP contribution in [0.1, 0.15) is 77.6 Å². The van der Waals surface area contributed by atoms with Crippen molar-refractivity contribution >= 4 is 25.9 Å². The quantitative estimate of drug-likeness (QED) is 0.249. The minimum Gasteiger partial charge on any atom is -0.427 e. The molecule has 0 aliphatic heterocycles. The lowest BCUT2D eigenvalue weighted by Gasteiger charge is -2.38. The third kappa shape index (κ3) is 4.54. The van der Waals surface area contributed by atoms with E-state index in [0.29, 0.717) is 15.0 Å². The summed E-state index contributed by atoms with van der Waals surface area (Å²) in [4.78, 5) is 0. The number of hydrogen-bond acceptors (Lipinski definition) is 4. The highest BCUT2D eigenvalue weighted by Crippen LogP contribution is 2.62. The van der Waals surface area contributed by atoms with E-state index < -0.39 is 27.8 Å². The molecule has 43 heavy (non-hydrogen) atoms. The van der Waals surface area contributed by atoms with Crippen molar-refractivity contribution in [1.29, 1.82) is 0 Å². The van der Waals surface area contributed by atoms with Crippen molar-refractivity contribution in [3.05, 3.63) is 107 Å². The number of benzene rings is 4. The predicted molar refractivity (Wildman–Crippen MR) is 179 cm³/mol. The van der Waals surface area contributed by atoms with Crippen LogP contribution in [0, 0.1) is 0 Å². The molecule has 6 heteroatoms. The van der Waals surface area contributed by atoms with Gasteiger partial charge >= 0.3 is 15.0 Å². The first-order chi connectivity index (χ1) is 20.1. The average molecular weight is 572 g/mol. The molecule has 0 heterocycles. The summed E-state index contributed by atoms with van der Waals surface area (Å²) in [6.07, 6.45) is 0. The highest BCUT2D eigenvalue weighted by molar-refractivity contribution is 6.50. The molecule has 2 N–H and O–H groups in total. The fraction of sp³-hybridized carbons (Fsp3) is 0.351. The zero-order valence-corrected chi connectivity index (χ0v) is 26.7. The normalized spacial score (nSPS) is 17.3. The molecular weight excluding hydrogens is 530 g/mol. The van der Waals surface area contributed by atoms with E-state index in [1.807, 2.05) is 27.7 Å². The second-order valence-electron chi connectivity index (χ2n) is 14.3. The van der Waals surface area contributed by atoms with E-state index in [1.54, 1.807) is 27.7 Å². The summed E-state index contributed by atoms with van der Waals surface area (Å²) in [5, 5.41) is 21.5. The monoisotopic (exact) mass is 572 g/mol. The van der Waals surface area contributed by atoms with Gasteiger partial charge in [-0.25, -0.2) is 0 Å². The zero-order chi connectivity index (χ0) is 31.0. The largest absolute Gasteiger partial charge is 0.427 e. The minimum absolute atomic E-state index is 0.388. The maximum Gasteiger partial charge on any atom is 0.310 e. The van der Waals surface area contributed by atoms with Crippen LogP contribution in [0.15, 0.2) is 84.9 Å². The molecule has 0 amide bonds. The topological polar surface area (TPSA) is 58.9 Å². The van der Waals surface area contributed by atoms with Crippen molar-refractivity contribution in [1.82, 2.24) is 0 Å². The van der Waals surface area contributed by atoms with E-state index in [2.05, 4.69) is 84.9 Å². The molecule has 1 atom stereocenters. The summed E-state index contributed by atoms with van der Waals surface area (Å²) >= 11 is 0. The van der Waals surface area contributed by atoms with Crippen LogP contribution in [0.3, 0.4) is 0 Å².